The van der Waals surface area contributed by atoms with Gasteiger partial charge < -0.3 is 19.9 Å². The highest BCUT2D eigenvalue weighted by Gasteiger charge is 2.39. The Kier molecular flexibility index (Phi) is 7.45. The van der Waals surface area contributed by atoms with Crippen molar-refractivity contribution in [3.8, 4) is 0 Å². The van der Waals surface area contributed by atoms with Crippen LogP contribution in [0.4, 0.5) is 10.5 Å². The molecule has 3 aliphatic rings. The zero-order chi connectivity index (χ0) is 26.9. The normalized spacial score (nSPS) is 20.5. The van der Waals surface area contributed by atoms with Crippen LogP contribution >= 0.6 is 0 Å². The topological polar surface area (TPSA) is 96.8 Å². The van der Waals surface area contributed by atoms with Crippen LogP contribution in [-0.2, 0) is 22.5 Å². The van der Waals surface area contributed by atoms with E-state index in [1.165, 1.54) is 0 Å². The van der Waals surface area contributed by atoms with Crippen LogP contribution in [0.15, 0.2) is 36.5 Å². The van der Waals surface area contributed by atoms with E-state index in [4.69, 9.17) is 4.74 Å². The molecule has 2 aliphatic heterocycles. The molecular weight excluding hydrogens is 482 g/mol. The van der Waals surface area contributed by atoms with Gasteiger partial charge in [-0.3, -0.25) is 14.3 Å². The molecule has 38 heavy (non-hydrogen) atoms. The molecule has 3 amide bonds. The van der Waals surface area contributed by atoms with Gasteiger partial charge in [-0.15, -0.1) is 0 Å². The summed E-state index contributed by atoms with van der Waals surface area (Å²) in [4.78, 5) is 42.4. The summed E-state index contributed by atoms with van der Waals surface area (Å²) in [5.41, 5.74) is 1.58. The number of aryl methyl sites for hydroxylation is 1. The number of carbonyl (C=O) groups excluding carboxylic acids is 3. The zero-order valence-electron chi connectivity index (χ0n) is 22.7. The third-order valence-corrected chi connectivity index (χ3v) is 7.54. The van der Waals surface area contributed by atoms with Crippen molar-refractivity contribution < 1.29 is 19.1 Å². The maximum absolute atomic E-state index is 13.3. The van der Waals surface area contributed by atoms with Gasteiger partial charge in [-0.1, -0.05) is 30.3 Å². The Hall–Kier alpha value is -3.36. The first-order valence-electron chi connectivity index (χ1n) is 13.9. The Morgan fingerprint density at radius 3 is 2.45 bits per heavy atom. The Bertz CT molecular complexity index is 1160. The number of amides is 3. The van der Waals surface area contributed by atoms with Gasteiger partial charge in [0.2, 0.25) is 5.91 Å². The Morgan fingerprint density at radius 1 is 1.08 bits per heavy atom. The number of ether oxygens (including phenoxy) is 1. The first-order valence-corrected chi connectivity index (χ1v) is 13.9. The number of benzene rings is 1. The lowest BCUT2D eigenvalue weighted by Crippen LogP contribution is -2.44. The van der Waals surface area contributed by atoms with Crippen molar-refractivity contribution in [1.29, 1.82) is 0 Å². The Balaban J connectivity index is 1.22. The molecule has 0 spiro atoms. The lowest BCUT2D eigenvalue weighted by atomic mass is 9.94. The molecule has 204 valence electrons. The predicted octanol–water partition coefficient (Wildman–Crippen LogP) is 4.02. The Morgan fingerprint density at radius 2 is 1.79 bits per heavy atom. The molecule has 2 fully saturated rings. The maximum Gasteiger partial charge on any atom is 0.410 e. The van der Waals surface area contributed by atoms with Crippen LogP contribution in [0.2, 0.25) is 0 Å². The molecule has 1 saturated carbocycles. The van der Waals surface area contributed by atoms with Gasteiger partial charge in [-0.05, 0) is 70.8 Å². The molecule has 1 N–H and O–H groups in total. The molecule has 1 aromatic carbocycles. The van der Waals surface area contributed by atoms with Crippen LogP contribution in [0, 0.1) is 11.8 Å². The summed E-state index contributed by atoms with van der Waals surface area (Å²) >= 11 is 0. The van der Waals surface area contributed by atoms with Gasteiger partial charge in [0.05, 0.1) is 11.7 Å². The van der Waals surface area contributed by atoms with Gasteiger partial charge >= 0.3 is 6.09 Å². The smallest absolute Gasteiger partial charge is 0.410 e. The summed E-state index contributed by atoms with van der Waals surface area (Å²) in [6, 6.07) is 9.86. The molecular formula is C29H39N5O4. The van der Waals surface area contributed by atoms with E-state index < -0.39 is 5.60 Å². The van der Waals surface area contributed by atoms with Crippen molar-refractivity contribution in [3.63, 3.8) is 0 Å². The number of nitrogens with zero attached hydrogens (tertiary/aromatic N) is 4. The highest BCUT2D eigenvalue weighted by atomic mass is 16.6. The average molecular weight is 522 g/mol. The lowest BCUT2D eigenvalue weighted by molar-refractivity contribution is -0.119. The molecule has 0 unspecified atom stereocenters. The average Bonchev–Trinajstić information content (AvgIpc) is 3.66. The summed E-state index contributed by atoms with van der Waals surface area (Å²) in [6.07, 6.45) is 6.82. The number of fused-ring (bicyclic) bond motifs is 1. The SMILES string of the molecule is CC(C)(C)OC(=O)N1CCC(CCn2cc3c(n2)C(=O)N[C@H](Cc2ccccc2)CN3C(=O)C2CC2)CC1. The van der Waals surface area contributed by atoms with E-state index in [1.807, 2.05) is 62.0 Å². The van der Waals surface area contributed by atoms with Gasteiger partial charge in [0.25, 0.3) is 5.91 Å². The van der Waals surface area contributed by atoms with Crippen LogP contribution in [0.5, 0.6) is 0 Å². The molecule has 1 atom stereocenters. The number of carbonyl (C=O) groups is 3. The van der Waals surface area contributed by atoms with Gasteiger partial charge in [0, 0.05) is 38.3 Å². The largest absolute Gasteiger partial charge is 0.444 e. The summed E-state index contributed by atoms with van der Waals surface area (Å²) in [5, 5.41) is 7.76. The minimum atomic E-state index is -0.491. The van der Waals surface area contributed by atoms with Crippen LogP contribution < -0.4 is 10.2 Å². The summed E-state index contributed by atoms with van der Waals surface area (Å²) in [6.45, 7) is 8.12. The summed E-state index contributed by atoms with van der Waals surface area (Å²) < 4.78 is 7.32. The second-order valence-corrected chi connectivity index (χ2v) is 11.9. The standard InChI is InChI=1S/C29H39N5O4/c1-29(2,3)38-28(37)32-14-11-20(12-15-32)13-16-33-19-24-25(31-33)26(35)30-23(17-21-7-5-4-6-8-21)18-34(24)27(36)22-9-10-22/h4-8,19-20,22-23H,9-18H2,1-3H3,(H,30,35)/t23-/m1/s1. The first kappa shape index (κ1) is 26.3. The van der Waals surface area contributed by atoms with E-state index in [9.17, 15) is 14.4 Å². The third kappa shape index (κ3) is 6.37. The van der Waals surface area contributed by atoms with Crippen molar-refractivity contribution in [2.75, 3.05) is 24.5 Å². The van der Waals surface area contributed by atoms with E-state index in [0.717, 1.165) is 37.7 Å². The highest BCUT2D eigenvalue weighted by Crippen LogP contribution is 2.35. The van der Waals surface area contributed by atoms with Gasteiger partial charge in [0.1, 0.15) is 5.60 Å². The quantitative estimate of drug-likeness (QED) is 0.619. The van der Waals surface area contributed by atoms with Gasteiger partial charge in [-0.2, -0.15) is 5.10 Å². The van der Waals surface area contributed by atoms with Crippen LogP contribution in [0.1, 0.15) is 68.9 Å². The monoisotopic (exact) mass is 521 g/mol. The fourth-order valence-corrected chi connectivity index (χ4v) is 5.32. The number of hydrogen-bond donors (Lipinski definition) is 1. The van der Waals surface area contributed by atoms with Gasteiger partial charge in [-0.25, -0.2) is 4.79 Å². The van der Waals surface area contributed by atoms with Crippen LogP contribution in [0.25, 0.3) is 0 Å². The number of rotatable bonds is 6. The first-order chi connectivity index (χ1) is 18.2. The molecule has 1 saturated heterocycles. The summed E-state index contributed by atoms with van der Waals surface area (Å²) in [7, 11) is 0. The van der Waals surface area contributed by atoms with E-state index in [-0.39, 0.29) is 29.9 Å². The molecule has 1 aromatic heterocycles. The molecule has 3 heterocycles. The molecule has 2 aromatic rings. The number of hydrogen-bond acceptors (Lipinski definition) is 5. The molecule has 5 rings (SSSR count). The second kappa shape index (κ2) is 10.8. The van der Waals surface area contributed by atoms with Crippen LogP contribution in [0.3, 0.4) is 0 Å². The van der Waals surface area contributed by atoms with Crippen molar-refractivity contribution >= 4 is 23.6 Å². The van der Waals surface area contributed by atoms with E-state index in [2.05, 4.69) is 10.4 Å². The summed E-state index contributed by atoms with van der Waals surface area (Å²) in [5.74, 6) is 0.379. The van der Waals surface area contributed by atoms with Crippen molar-refractivity contribution in [2.45, 2.75) is 77.5 Å². The van der Waals surface area contributed by atoms with Crippen LogP contribution in [-0.4, -0.2) is 63.9 Å². The second-order valence-electron chi connectivity index (χ2n) is 11.9. The lowest BCUT2D eigenvalue weighted by Gasteiger charge is -2.33. The zero-order valence-corrected chi connectivity index (χ0v) is 22.7. The molecule has 9 nitrogen and oxygen atoms in total. The van der Waals surface area contributed by atoms with Gasteiger partial charge in [0.15, 0.2) is 5.69 Å². The third-order valence-electron chi connectivity index (χ3n) is 7.54. The fourth-order valence-electron chi connectivity index (χ4n) is 5.32. The number of nitrogens with one attached hydrogen (secondary N) is 1. The minimum Gasteiger partial charge on any atom is -0.444 e. The maximum atomic E-state index is 13.3. The minimum absolute atomic E-state index is 0.0481. The Labute approximate surface area is 224 Å². The van der Waals surface area contributed by atoms with E-state index >= 15 is 0 Å². The predicted molar refractivity (Wildman–Crippen MR) is 144 cm³/mol. The fraction of sp³-hybridized carbons (Fsp3) is 0.586. The van der Waals surface area contributed by atoms with Crippen molar-refractivity contribution in [1.82, 2.24) is 20.0 Å². The number of likely N-dealkylation sites (tertiary alicyclic amines) is 1. The van der Waals surface area contributed by atoms with E-state index in [0.29, 0.717) is 49.9 Å². The highest BCUT2D eigenvalue weighted by molar-refractivity contribution is 6.05. The molecule has 9 heteroatoms. The number of anilines is 1. The number of piperidine rings is 1. The van der Waals surface area contributed by atoms with Crippen molar-refractivity contribution in [2.24, 2.45) is 11.8 Å². The molecule has 0 radical (unpaired) electrons. The van der Waals surface area contributed by atoms with E-state index in [1.54, 1.807) is 9.80 Å². The van der Waals surface area contributed by atoms with Crippen molar-refractivity contribution in [3.05, 3.63) is 47.8 Å². The molecule has 0 bridgehead atoms. The number of aromatic nitrogens is 2. The molecule has 1 aliphatic carbocycles.